The zero-order valence-electron chi connectivity index (χ0n) is 47.9. The van der Waals surface area contributed by atoms with Crippen molar-refractivity contribution in [3.05, 3.63) is 60.8 Å². The lowest BCUT2D eigenvalue weighted by molar-refractivity contribution is -0.167. The van der Waals surface area contributed by atoms with Crippen molar-refractivity contribution in [3.8, 4) is 0 Å². The molecule has 0 rings (SSSR count). The van der Waals surface area contributed by atoms with Gasteiger partial charge in [0.2, 0.25) is 0 Å². The molecule has 0 spiro atoms. The second kappa shape index (κ2) is 60.7. The fourth-order valence-electron chi connectivity index (χ4n) is 9.06. The van der Waals surface area contributed by atoms with Gasteiger partial charge in [-0.1, -0.05) is 287 Å². The van der Waals surface area contributed by atoms with Crippen LogP contribution >= 0.6 is 0 Å². The van der Waals surface area contributed by atoms with Crippen LogP contribution in [0, 0.1) is 0 Å². The van der Waals surface area contributed by atoms with Crippen molar-refractivity contribution in [2.24, 2.45) is 0 Å². The van der Waals surface area contributed by atoms with Crippen LogP contribution in [0.5, 0.6) is 0 Å². The Kier molecular flexibility index (Phi) is 58.2. The maximum Gasteiger partial charge on any atom is 0.306 e. The van der Waals surface area contributed by atoms with Gasteiger partial charge in [-0.25, -0.2) is 0 Å². The summed E-state index contributed by atoms with van der Waals surface area (Å²) in [5, 5.41) is 0. The number of carbonyl (C=O) groups is 3. The van der Waals surface area contributed by atoms with Gasteiger partial charge in [0.15, 0.2) is 6.10 Å². The molecule has 0 radical (unpaired) electrons. The van der Waals surface area contributed by atoms with Crippen LogP contribution in [0.25, 0.3) is 0 Å². The first-order valence-corrected chi connectivity index (χ1v) is 31.3. The first-order valence-electron chi connectivity index (χ1n) is 31.3. The van der Waals surface area contributed by atoms with Crippen LogP contribution in [-0.2, 0) is 28.6 Å². The summed E-state index contributed by atoms with van der Waals surface area (Å²) in [4.78, 5) is 38.1. The average Bonchev–Trinajstić information content (AvgIpc) is 3.38. The summed E-state index contributed by atoms with van der Waals surface area (Å²) in [6, 6.07) is 0. The second-order valence-corrected chi connectivity index (χ2v) is 20.9. The molecule has 0 aliphatic heterocycles. The molecule has 0 saturated heterocycles. The van der Waals surface area contributed by atoms with Gasteiger partial charge >= 0.3 is 17.9 Å². The minimum absolute atomic E-state index is 0.0910. The van der Waals surface area contributed by atoms with E-state index in [1.54, 1.807) is 0 Å². The zero-order valence-corrected chi connectivity index (χ0v) is 47.9. The molecule has 0 aliphatic rings. The highest BCUT2D eigenvalue weighted by Crippen LogP contribution is 2.17. The lowest BCUT2D eigenvalue weighted by Crippen LogP contribution is -2.30. The van der Waals surface area contributed by atoms with Crippen LogP contribution in [0.2, 0.25) is 0 Å². The van der Waals surface area contributed by atoms with Crippen LogP contribution in [0.4, 0.5) is 0 Å². The summed E-state index contributed by atoms with van der Waals surface area (Å²) in [6.07, 6.45) is 76.8. The molecule has 0 saturated carbocycles. The first kappa shape index (κ1) is 69.1. The number of allylic oxidation sites excluding steroid dienone is 10. The van der Waals surface area contributed by atoms with Gasteiger partial charge in [-0.15, -0.1) is 0 Å². The molecule has 0 aromatic carbocycles. The number of hydrogen-bond donors (Lipinski definition) is 0. The first-order chi connectivity index (χ1) is 35.5. The Morgan fingerprint density at radius 3 is 0.931 bits per heavy atom. The minimum atomic E-state index is -0.797. The van der Waals surface area contributed by atoms with Crippen LogP contribution in [-0.4, -0.2) is 37.2 Å². The van der Waals surface area contributed by atoms with E-state index in [0.29, 0.717) is 19.3 Å². The lowest BCUT2D eigenvalue weighted by Gasteiger charge is -2.18. The van der Waals surface area contributed by atoms with Crippen molar-refractivity contribution in [1.29, 1.82) is 0 Å². The van der Waals surface area contributed by atoms with Crippen molar-refractivity contribution < 1.29 is 28.6 Å². The van der Waals surface area contributed by atoms with Gasteiger partial charge in [-0.3, -0.25) is 14.4 Å². The van der Waals surface area contributed by atoms with Crippen molar-refractivity contribution in [3.63, 3.8) is 0 Å². The van der Waals surface area contributed by atoms with Crippen LogP contribution in [0.3, 0.4) is 0 Å². The summed E-state index contributed by atoms with van der Waals surface area (Å²) < 4.78 is 16.8. The number of carbonyl (C=O) groups excluding carboxylic acids is 3. The number of ether oxygens (including phenoxy) is 3. The van der Waals surface area contributed by atoms with Crippen LogP contribution in [0.15, 0.2) is 60.8 Å². The number of hydrogen-bond acceptors (Lipinski definition) is 6. The molecular weight excluding hydrogens is 889 g/mol. The summed E-state index contributed by atoms with van der Waals surface area (Å²) >= 11 is 0. The van der Waals surface area contributed by atoms with E-state index in [1.807, 2.05) is 0 Å². The molecule has 6 heteroatoms. The predicted octanol–water partition coefficient (Wildman–Crippen LogP) is 21.2. The lowest BCUT2D eigenvalue weighted by atomic mass is 10.0. The summed E-state index contributed by atoms with van der Waals surface area (Å²) in [6.45, 7) is 6.48. The van der Waals surface area contributed by atoms with Crippen molar-refractivity contribution in [2.45, 2.75) is 329 Å². The molecule has 0 aromatic rings. The van der Waals surface area contributed by atoms with Gasteiger partial charge in [0.1, 0.15) is 13.2 Å². The standard InChI is InChI=1S/C66H118O6/c1-4-7-10-13-16-19-22-24-26-27-28-29-30-31-32-33-34-35-36-37-38-40-41-44-47-50-53-56-59-65(68)71-62-63(61-70-64(67)58-55-52-49-46-43-21-18-15-12-9-6-3)72-66(69)60-57-54-51-48-45-42-39-25-23-20-17-14-11-8-5-2/h8,11,15,17-18,20,25,39,45,48,63H,4-7,9-10,12-14,16,19,21-24,26-38,40-44,46-47,49-62H2,1-3H3/b11-8-,18-15-,20-17-,39-25-,48-45-. The maximum absolute atomic E-state index is 12.8. The minimum Gasteiger partial charge on any atom is -0.462 e. The molecule has 6 nitrogen and oxygen atoms in total. The van der Waals surface area contributed by atoms with E-state index in [4.69, 9.17) is 14.2 Å². The third-order valence-electron chi connectivity index (χ3n) is 13.8. The van der Waals surface area contributed by atoms with E-state index in [2.05, 4.69) is 81.5 Å². The number of esters is 3. The molecule has 0 fully saturated rings. The number of rotatable bonds is 57. The SMILES string of the molecule is CC/C=C\C/C=C\C/C=C\C/C=C\CCCCC(=O)OC(COC(=O)CCCCCCC/C=C\CCCC)COC(=O)CCCCCCCCCCCCCCCCCCCCCCCCCCCCCC. The van der Waals surface area contributed by atoms with Gasteiger partial charge in [0, 0.05) is 19.3 Å². The summed E-state index contributed by atoms with van der Waals surface area (Å²) in [7, 11) is 0. The molecule has 0 heterocycles. The number of unbranched alkanes of at least 4 members (excludes halogenated alkanes) is 36. The quantitative estimate of drug-likeness (QED) is 0.0261. The average molecular weight is 1010 g/mol. The molecule has 418 valence electrons. The van der Waals surface area contributed by atoms with E-state index in [0.717, 1.165) is 83.5 Å². The molecule has 1 atom stereocenters. The molecule has 0 amide bonds. The fourth-order valence-corrected chi connectivity index (χ4v) is 9.06. The van der Waals surface area contributed by atoms with Crippen LogP contribution < -0.4 is 0 Å². The second-order valence-electron chi connectivity index (χ2n) is 20.9. The molecule has 0 N–H and O–H groups in total. The van der Waals surface area contributed by atoms with Gasteiger partial charge in [0.05, 0.1) is 0 Å². The smallest absolute Gasteiger partial charge is 0.306 e. The Bertz CT molecular complexity index is 1290. The van der Waals surface area contributed by atoms with E-state index < -0.39 is 6.10 Å². The van der Waals surface area contributed by atoms with E-state index in [-0.39, 0.29) is 37.5 Å². The summed E-state index contributed by atoms with van der Waals surface area (Å²) in [5.41, 5.74) is 0. The third-order valence-corrected chi connectivity index (χ3v) is 13.8. The van der Waals surface area contributed by atoms with Crippen molar-refractivity contribution in [2.75, 3.05) is 13.2 Å². The Labute approximate surface area is 447 Å². The molecule has 0 aromatic heterocycles. The molecule has 72 heavy (non-hydrogen) atoms. The normalized spacial score (nSPS) is 12.4. The Balaban J connectivity index is 4.17. The van der Waals surface area contributed by atoms with E-state index >= 15 is 0 Å². The van der Waals surface area contributed by atoms with Gasteiger partial charge in [0.25, 0.3) is 0 Å². The van der Waals surface area contributed by atoms with Crippen molar-refractivity contribution >= 4 is 17.9 Å². The summed E-state index contributed by atoms with van der Waals surface area (Å²) in [5.74, 6) is -0.931. The Hall–Kier alpha value is -2.89. The third kappa shape index (κ3) is 58.0. The molecule has 0 aliphatic carbocycles. The zero-order chi connectivity index (χ0) is 52.2. The van der Waals surface area contributed by atoms with Gasteiger partial charge in [-0.2, -0.15) is 0 Å². The molecule has 1 unspecified atom stereocenters. The highest BCUT2D eigenvalue weighted by Gasteiger charge is 2.19. The van der Waals surface area contributed by atoms with Crippen molar-refractivity contribution in [1.82, 2.24) is 0 Å². The largest absolute Gasteiger partial charge is 0.462 e. The highest BCUT2D eigenvalue weighted by molar-refractivity contribution is 5.71. The Morgan fingerprint density at radius 2 is 0.556 bits per heavy atom. The highest BCUT2D eigenvalue weighted by atomic mass is 16.6. The Morgan fingerprint density at radius 1 is 0.292 bits per heavy atom. The fraction of sp³-hybridized carbons (Fsp3) is 0.803. The molecule has 0 bridgehead atoms. The maximum atomic E-state index is 12.8. The monoisotopic (exact) mass is 1010 g/mol. The van der Waals surface area contributed by atoms with Crippen LogP contribution in [0.1, 0.15) is 323 Å². The van der Waals surface area contributed by atoms with Gasteiger partial charge < -0.3 is 14.2 Å². The van der Waals surface area contributed by atoms with Gasteiger partial charge in [-0.05, 0) is 77.0 Å². The van der Waals surface area contributed by atoms with E-state index in [1.165, 1.54) is 193 Å². The molecular formula is C66H118O6. The predicted molar refractivity (Wildman–Crippen MR) is 312 cm³/mol. The topological polar surface area (TPSA) is 78.9 Å². The van der Waals surface area contributed by atoms with E-state index in [9.17, 15) is 14.4 Å².